The molecule has 110 valence electrons. The molecule has 2 fully saturated rings. The van der Waals surface area contributed by atoms with Crippen molar-refractivity contribution < 1.29 is 0 Å². The summed E-state index contributed by atoms with van der Waals surface area (Å²) in [6.45, 7) is 8.28. The number of benzene rings is 1. The van der Waals surface area contributed by atoms with E-state index in [4.69, 9.17) is 11.6 Å². The fourth-order valence-corrected chi connectivity index (χ4v) is 5.22. The maximum absolute atomic E-state index is 6.06. The Bertz CT molecular complexity index is 523. The van der Waals surface area contributed by atoms with Crippen LogP contribution in [-0.2, 0) is 6.54 Å². The van der Waals surface area contributed by atoms with Crippen molar-refractivity contribution in [2.75, 3.05) is 0 Å². The molecule has 1 N–H and O–H groups in total. The Morgan fingerprint density at radius 2 is 2.10 bits per heavy atom. The standard InChI is InChI=1S/C17H23BrClN/c1-16(2)12-6-7-17(3,9-12)15(16)20-10-11-4-5-14(19)13(18)8-11/h4-5,8,12,15,20H,6-7,9-10H2,1-3H3. The minimum absolute atomic E-state index is 0.413. The van der Waals surface area contributed by atoms with Crippen molar-refractivity contribution in [2.45, 2.75) is 52.6 Å². The van der Waals surface area contributed by atoms with Gasteiger partial charge in [-0.3, -0.25) is 0 Å². The SMILES string of the molecule is CC12CCC(C1)C(C)(C)C2NCc1ccc(Cl)c(Br)c1. The first-order valence-electron chi connectivity index (χ1n) is 7.50. The number of hydrogen-bond acceptors (Lipinski definition) is 1. The molecule has 2 aliphatic carbocycles. The Hall–Kier alpha value is -0.0500. The third kappa shape index (κ3) is 2.34. The van der Waals surface area contributed by atoms with Crippen molar-refractivity contribution in [2.24, 2.45) is 16.7 Å². The van der Waals surface area contributed by atoms with Gasteiger partial charge in [-0.1, -0.05) is 38.4 Å². The molecule has 0 spiro atoms. The van der Waals surface area contributed by atoms with Crippen molar-refractivity contribution in [3.8, 4) is 0 Å². The van der Waals surface area contributed by atoms with Crippen LogP contribution in [0.5, 0.6) is 0 Å². The molecule has 2 aliphatic rings. The monoisotopic (exact) mass is 355 g/mol. The zero-order valence-corrected chi connectivity index (χ0v) is 14.8. The van der Waals surface area contributed by atoms with Crippen LogP contribution < -0.4 is 5.32 Å². The van der Waals surface area contributed by atoms with Crippen LogP contribution in [0.4, 0.5) is 0 Å². The van der Waals surface area contributed by atoms with Gasteiger partial charge in [-0.05, 0) is 69.6 Å². The minimum atomic E-state index is 0.413. The molecule has 0 aromatic heterocycles. The summed E-state index contributed by atoms with van der Waals surface area (Å²) >= 11 is 9.56. The predicted octanol–water partition coefficient (Wildman–Crippen LogP) is 5.41. The molecule has 3 heteroatoms. The van der Waals surface area contributed by atoms with Gasteiger partial charge in [0, 0.05) is 17.1 Å². The summed E-state index contributed by atoms with van der Waals surface area (Å²) in [7, 11) is 0. The minimum Gasteiger partial charge on any atom is -0.309 e. The first kappa shape index (κ1) is 14.9. The average Bonchev–Trinajstić information content (AvgIpc) is 2.84. The molecule has 0 saturated heterocycles. The molecule has 0 radical (unpaired) electrons. The highest BCUT2D eigenvalue weighted by Crippen LogP contribution is 2.62. The molecule has 1 aromatic carbocycles. The van der Waals surface area contributed by atoms with Crippen molar-refractivity contribution in [3.63, 3.8) is 0 Å². The van der Waals surface area contributed by atoms with Gasteiger partial charge < -0.3 is 5.32 Å². The predicted molar refractivity (Wildman–Crippen MR) is 89.0 cm³/mol. The van der Waals surface area contributed by atoms with Crippen LogP contribution in [-0.4, -0.2) is 6.04 Å². The highest BCUT2D eigenvalue weighted by atomic mass is 79.9. The second-order valence-corrected chi connectivity index (χ2v) is 8.74. The van der Waals surface area contributed by atoms with E-state index >= 15 is 0 Å². The number of hydrogen-bond donors (Lipinski definition) is 1. The van der Waals surface area contributed by atoms with E-state index in [-0.39, 0.29) is 0 Å². The molecule has 2 bridgehead atoms. The zero-order valence-electron chi connectivity index (χ0n) is 12.5. The summed E-state index contributed by atoms with van der Waals surface area (Å²) in [5.74, 6) is 0.891. The Labute approximate surface area is 135 Å². The van der Waals surface area contributed by atoms with Gasteiger partial charge >= 0.3 is 0 Å². The summed E-state index contributed by atoms with van der Waals surface area (Å²) in [5, 5.41) is 4.62. The largest absolute Gasteiger partial charge is 0.309 e. The molecule has 3 atom stereocenters. The summed E-state index contributed by atoms with van der Waals surface area (Å²) in [6, 6.07) is 6.82. The van der Waals surface area contributed by atoms with Crippen molar-refractivity contribution in [1.82, 2.24) is 5.32 Å². The Morgan fingerprint density at radius 3 is 2.70 bits per heavy atom. The van der Waals surface area contributed by atoms with E-state index in [1.807, 2.05) is 6.07 Å². The molecule has 2 saturated carbocycles. The molecule has 1 nitrogen and oxygen atoms in total. The average molecular weight is 357 g/mol. The van der Waals surface area contributed by atoms with Crippen LogP contribution in [0.3, 0.4) is 0 Å². The maximum Gasteiger partial charge on any atom is 0.0548 e. The van der Waals surface area contributed by atoms with Crippen LogP contribution >= 0.6 is 27.5 Å². The molecule has 0 amide bonds. The van der Waals surface area contributed by atoms with E-state index in [9.17, 15) is 0 Å². The van der Waals surface area contributed by atoms with Crippen molar-refractivity contribution in [3.05, 3.63) is 33.3 Å². The fourth-order valence-electron chi connectivity index (χ4n) is 4.68. The zero-order chi connectivity index (χ0) is 14.5. The lowest BCUT2D eigenvalue weighted by molar-refractivity contribution is 0.108. The lowest BCUT2D eigenvalue weighted by Crippen LogP contribution is -2.49. The Morgan fingerprint density at radius 1 is 1.35 bits per heavy atom. The quantitative estimate of drug-likeness (QED) is 0.764. The van der Waals surface area contributed by atoms with E-state index < -0.39 is 0 Å². The second kappa shape index (κ2) is 5.00. The second-order valence-electron chi connectivity index (χ2n) is 7.48. The molecule has 20 heavy (non-hydrogen) atoms. The Kier molecular flexibility index (Phi) is 3.72. The van der Waals surface area contributed by atoms with Crippen molar-refractivity contribution in [1.29, 1.82) is 0 Å². The first-order chi connectivity index (χ1) is 9.33. The van der Waals surface area contributed by atoms with E-state index in [0.29, 0.717) is 16.9 Å². The number of rotatable bonds is 3. The number of halogens is 2. The van der Waals surface area contributed by atoms with Crippen LogP contribution in [0.25, 0.3) is 0 Å². The first-order valence-corrected chi connectivity index (χ1v) is 8.67. The maximum atomic E-state index is 6.06. The van der Waals surface area contributed by atoms with E-state index in [2.05, 4.69) is 54.2 Å². The molecular weight excluding hydrogens is 334 g/mol. The fraction of sp³-hybridized carbons (Fsp3) is 0.647. The van der Waals surface area contributed by atoms with Crippen LogP contribution in [0.15, 0.2) is 22.7 Å². The van der Waals surface area contributed by atoms with Crippen LogP contribution in [0.2, 0.25) is 5.02 Å². The van der Waals surface area contributed by atoms with Gasteiger partial charge in [-0.25, -0.2) is 0 Å². The third-order valence-electron chi connectivity index (χ3n) is 5.76. The van der Waals surface area contributed by atoms with E-state index in [1.165, 1.54) is 24.8 Å². The van der Waals surface area contributed by atoms with Crippen LogP contribution in [0.1, 0.15) is 45.6 Å². The molecule has 3 rings (SSSR count). The summed E-state index contributed by atoms with van der Waals surface area (Å²) in [5.41, 5.74) is 2.19. The molecule has 3 unspecified atom stereocenters. The van der Waals surface area contributed by atoms with Crippen molar-refractivity contribution >= 4 is 27.5 Å². The van der Waals surface area contributed by atoms with Gasteiger partial charge in [0.15, 0.2) is 0 Å². The molecule has 1 aromatic rings. The molecule has 0 aliphatic heterocycles. The normalized spacial score (nSPS) is 34.6. The van der Waals surface area contributed by atoms with Crippen LogP contribution in [0, 0.1) is 16.7 Å². The summed E-state index contributed by atoms with van der Waals surface area (Å²) in [6.07, 6.45) is 4.18. The lowest BCUT2D eigenvalue weighted by Gasteiger charge is -2.43. The van der Waals surface area contributed by atoms with Gasteiger partial charge in [0.25, 0.3) is 0 Å². The number of fused-ring (bicyclic) bond motifs is 2. The van der Waals surface area contributed by atoms with E-state index in [0.717, 1.165) is 22.0 Å². The van der Waals surface area contributed by atoms with Gasteiger partial charge in [-0.15, -0.1) is 0 Å². The Balaban J connectivity index is 1.73. The molecular formula is C17H23BrClN. The lowest BCUT2D eigenvalue weighted by atomic mass is 9.68. The van der Waals surface area contributed by atoms with Gasteiger partial charge in [0.2, 0.25) is 0 Å². The van der Waals surface area contributed by atoms with Gasteiger partial charge in [-0.2, -0.15) is 0 Å². The smallest absolute Gasteiger partial charge is 0.0548 e. The highest BCUT2D eigenvalue weighted by Gasteiger charge is 2.58. The topological polar surface area (TPSA) is 12.0 Å². The van der Waals surface area contributed by atoms with E-state index in [1.54, 1.807) is 0 Å². The van der Waals surface area contributed by atoms with Gasteiger partial charge in [0.05, 0.1) is 5.02 Å². The molecule has 0 heterocycles. The highest BCUT2D eigenvalue weighted by molar-refractivity contribution is 9.10. The summed E-state index contributed by atoms with van der Waals surface area (Å²) < 4.78 is 0.983. The van der Waals surface area contributed by atoms with Gasteiger partial charge in [0.1, 0.15) is 0 Å². The number of nitrogens with one attached hydrogen (secondary N) is 1. The third-order valence-corrected chi connectivity index (χ3v) is 6.98. The summed E-state index contributed by atoms with van der Waals surface area (Å²) in [4.78, 5) is 0.